The fourth-order valence-electron chi connectivity index (χ4n) is 3.77. The number of carbonyl (C=O) groups is 2. The Kier molecular flexibility index (Phi) is 23.6. The normalized spacial score (nSPS) is 14.2. The van der Waals surface area contributed by atoms with Crippen LogP contribution < -0.4 is 4.89 Å². The van der Waals surface area contributed by atoms with Gasteiger partial charge in [0.05, 0.1) is 27.7 Å². The average Bonchev–Trinajstić information content (AvgIpc) is 2.88. The summed E-state index contributed by atoms with van der Waals surface area (Å²) in [7, 11) is 1.16. The predicted molar refractivity (Wildman–Crippen MR) is 158 cm³/mol. The Morgan fingerprint density at radius 2 is 1.32 bits per heavy atom. The summed E-state index contributed by atoms with van der Waals surface area (Å²) in [5.41, 5.74) is 0. The van der Waals surface area contributed by atoms with E-state index in [0.29, 0.717) is 17.4 Å². The first kappa shape index (κ1) is 38.8. The van der Waals surface area contributed by atoms with Crippen molar-refractivity contribution in [3.05, 3.63) is 12.2 Å². The molecule has 0 amide bonds. The maximum Gasteiger partial charge on any atom is 0.306 e. The van der Waals surface area contributed by atoms with E-state index >= 15 is 0 Å². The van der Waals surface area contributed by atoms with Crippen molar-refractivity contribution in [2.45, 2.75) is 123 Å². The summed E-state index contributed by atoms with van der Waals surface area (Å²) in [5, 5.41) is 0. The molecule has 0 aliphatic rings. The van der Waals surface area contributed by atoms with Gasteiger partial charge in [0, 0.05) is 12.8 Å². The van der Waals surface area contributed by atoms with Crippen LogP contribution >= 0.6 is 7.82 Å². The number of esters is 2. The fraction of sp³-hybridized carbons (Fsp3) is 0.867. The quantitative estimate of drug-likeness (QED) is 0.0351. The van der Waals surface area contributed by atoms with Crippen LogP contribution in [0.25, 0.3) is 0 Å². The minimum absolute atomic E-state index is 0.0308. The highest BCUT2D eigenvalue weighted by atomic mass is 31.2. The van der Waals surface area contributed by atoms with Gasteiger partial charge in [-0.2, -0.15) is 0 Å². The van der Waals surface area contributed by atoms with Crippen LogP contribution in [0.3, 0.4) is 0 Å². The number of nitrogens with zero attached hydrogens (tertiary/aromatic N) is 1. The lowest BCUT2D eigenvalue weighted by Crippen LogP contribution is -2.37. The van der Waals surface area contributed by atoms with Crippen LogP contribution in [0.4, 0.5) is 0 Å². The molecule has 0 aliphatic carbocycles. The monoisotopic (exact) mass is 591 g/mol. The average molecular weight is 592 g/mol. The number of hydrogen-bond acceptors (Lipinski definition) is 8. The molecule has 0 fully saturated rings. The zero-order valence-corrected chi connectivity index (χ0v) is 26.9. The first-order valence-electron chi connectivity index (χ1n) is 15.4. The number of hydrogen-bond donors (Lipinski definition) is 0. The van der Waals surface area contributed by atoms with Crippen LogP contribution in [0.1, 0.15) is 117 Å². The molecular formula is C30H58NO8P. The molecule has 0 aliphatic heterocycles. The van der Waals surface area contributed by atoms with E-state index in [1.165, 1.54) is 19.3 Å². The van der Waals surface area contributed by atoms with Crippen molar-refractivity contribution in [1.82, 2.24) is 0 Å². The summed E-state index contributed by atoms with van der Waals surface area (Å²) >= 11 is 0. The molecule has 0 bridgehead atoms. The molecule has 0 aromatic heterocycles. The first-order valence-corrected chi connectivity index (χ1v) is 16.9. The Labute approximate surface area is 244 Å². The molecule has 0 spiro atoms. The van der Waals surface area contributed by atoms with E-state index in [4.69, 9.17) is 18.5 Å². The van der Waals surface area contributed by atoms with Gasteiger partial charge in [-0.3, -0.25) is 14.2 Å². The van der Waals surface area contributed by atoms with Crippen molar-refractivity contribution in [2.24, 2.45) is 0 Å². The Balaban J connectivity index is 4.56. The van der Waals surface area contributed by atoms with E-state index in [9.17, 15) is 19.0 Å². The number of rotatable bonds is 27. The van der Waals surface area contributed by atoms with Gasteiger partial charge in [-0.1, -0.05) is 83.8 Å². The fourth-order valence-corrected chi connectivity index (χ4v) is 4.50. The third-order valence-corrected chi connectivity index (χ3v) is 7.23. The van der Waals surface area contributed by atoms with Gasteiger partial charge in [-0.05, 0) is 32.1 Å². The Bertz CT molecular complexity index is 723. The second kappa shape index (κ2) is 24.4. The molecular weight excluding hydrogens is 533 g/mol. The molecule has 10 heteroatoms. The minimum atomic E-state index is -4.60. The number of carbonyl (C=O) groups excluding carboxylic acids is 2. The summed E-state index contributed by atoms with van der Waals surface area (Å²) in [5.74, 6) is -0.861. The van der Waals surface area contributed by atoms with E-state index < -0.39 is 32.5 Å². The number of quaternary nitrogens is 1. The van der Waals surface area contributed by atoms with E-state index in [2.05, 4.69) is 26.0 Å². The lowest BCUT2D eigenvalue weighted by molar-refractivity contribution is -0.870. The maximum atomic E-state index is 12.4. The van der Waals surface area contributed by atoms with Gasteiger partial charge in [-0.25, -0.2) is 0 Å². The van der Waals surface area contributed by atoms with Crippen LogP contribution in [0, 0.1) is 0 Å². The standard InChI is InChI=1S/C30H58NO8P/c1-6-8-10-12-14-15-16-17-19-21-23-30(33)39-28(26-36-29(32)22-20-18-13-11-9-7-2)27-38-40(34,35)37-25-24-31(3,4)5/h10,12,28H,6-9,11,13-27H2,1-5H3/b12-10-. The number of allylic oxidation sites excluding steroid dienone is 2. The zero-order valence-electron chi connectivity index (χ0n) is 26.0. The van der Waals surface area contributed by atoms with Gasteiger partial charge in [0.2, 0.25) is 0 Å². The van der Waals surface area contributed by atoms with Gasteiger partial charge in [0.1, 0.15) is 19.8 Å². The van der Waals surface area contributed by atoms with E-state index in [0.717, 1.165) is 64.2 Å². The lowest BCUT2D eigenvalue weighted by atomic mass is 10.1. The molecule has 9 nitrogen and oxygen atoms in total. The van der Waals surface area contributed by atoms with Crippen LogP contribution in [0.5, 0.6) is 0 Å². The van der Waals surface area contributed by atoms with Crippen LogP contribution in [-0.4, -0.2) is 70.0 Å². The number of phosphoric ester groups is 1. The van der Waals surface area contributed by atoms with Crippen LogP contribution in [-0.2, 0) is 32.7 Å². The second-order valence-electron chi connectivity index (χ2n) is 11.5. The molecule has 0 aromatic rings. The maximum absolute atomic E-state index is 12.4. The van der Waals surface area contributed by atoms with Gasteiger partial charge in [0.25, 0.3) is 7.82 Å². The molecule has 236 valence electrons. The summed E-state index contributed by atoms with van der Waals surface area (Å²) in [4.78, 5) is 36.8. The number of ether oxygens (including phenoxy) is 2. The molecule has 0 heterocycles. The topological polar surface area (TPSA) is 111 Å². The van der Waals surface area contributed by atoms with Crippen molar-refractivity contribution in [2.75, 3.05) is 47.5 Å². The van der Waals surface area contributed by atoms with Crippen molar-refractivity contribution < 1.29 is 42.1 Å². The van der Waals surface area contributed by atoms with Crippen LogP contribution in [0.2, 0.25) is 0 Å². The molecule has 0 aromatic carbocycles. The Morgan fingerprint density at radius 3 is 1.95 bits per heavy atom. The minimum Gasteiger partial charge on any atom is -0.756 e. The highest BCUT2D eigenvalue weighted by Gasteiger charge is 2.21. The first-order chi connectivity index (χ1) is 19.0. The molecule has 40 heavy (non-hydrogen) atoms. The van der Waals surface area contributed by atoms with Gasteiger partial charge < -0.3 is 27.9 Å². The van der Waals surface area contributed by atoms with E-state index in [1.54, 1.807) is 0 Å². The Hall–Kier alpha value is -1.25. The summed E-state index contributed by atoms with van der Waals surface area (Å²) in [6.07, 6.45) is 18.5. The van der Waals surface area contributed by atoms with Crippen LogP contribution in [0.15, 0.2) is 12.2 Å². The van der Waals surface area contributed by atoms with Gasteiger partial charge in [0.15, 0.2) is 6.10 Å². The van der Waals surface area contributed by atoms with Gasteiger partial charge in [-0.15, -0.1) is 0 Å². The van der Waals surface area contributed by atoms with E-state index in [-0.39, 0.29) is 26.1 Å². The number of phosphoric acid groups is 1. The smallest absolute Gasteiger partial charge is 0.306 e. The van der Waals surface area contributed by atoms with Crippen molar-refractivity contribution in [1.29, 1.82) is 0 Å². The molecule has 0 saturated heterocycles. The summed E-state index contributed by atoms with van der Waals surface area (Å²) in [6, 6.07) is 0. The van der Waals surface area contributed by atoms with E-state index in [1.807, 2.05) is 21.1 Å². The molecule has 0 saturated carbocycles. The second-order valence-corrected chi connectivity index (χ2v) is 12.9. The third-order valence-electron chi connectivity index (χ3n) is 6.27. The van der Waals surface area contributed by atoms with Gasteiger partial charge >= 0.3 is 11.9 Å². The largest absolute Gasteiger partial charge is 0.756 e. The summed E-state index contributed by atoms with van der Waals surface area (Å²) < 4.78 is 33.4. The number of likely N-dealkylation sites (N-methyl/N-ethyl adjacent to an activating group) is 1. The highest BCUT2D eigenvalue weighted by Crippen LogP contribution is 2.38. The zero-order chi connectivity index (χ0) is 30.1. The lowest BCUT2D eigenvalue weighted by Gasteiger charge is -2.28. The highest BCUT2D eigenvalue weighted by molar-refractivity contribution is 7.45. The third kappa shape index (κ3) is 26.9. The number of unbranched alkanes of at least 4 members (excludes halogenated alkanes) is 11. The van der Waals surface area contributed by atoms with Crippen molar-refractivity contribution >= 4 is 19.8 Å². The molecule has 0 N–H and O–H groups in total. The SMILES string of the molecule is CCC/C=C\CCCCCCCC(=O)OC(COC(=O)CCCCCCCC)COP(=O)([O-])OCC[N+](C)(C)C. The predicted octanol–water partition coefficient (Wildman–Crippen LogP) is 6.49. The van der Waals surface area contributed by atoms with Crippen molar-refractivity contribution in [3.63, 3.8) is 0 Å². The summed E-state index contributed by atoms with van der Waals surface area (Å²) in [6.45, 7) is 4.04. The molecule has 0 radical (unpaired) electrons. The van der Waals surface area contributed by atoms with Crippen molar-refractivity contribution in [3.8, 4) is 0 Å². The molecule has 2 unspecified atom stereocenters. The molecule has 2 atom stereocenters. The molecule has 0 rings (SSSR count). The Morgan fingerprint density at radius 1 is 0.750 bits per heavy atom.